The smallest absolute Gasteiger partial charge is 0.407 e. The zero-order valence-corrected chi connectivity index (χ0v) is 32.1. The van der Waals surface area contributed by atoms with Crippen molar-refractivity contribution in [3.63, 3.8) is 0 Å². The molecule has 5 aromatic carbocycles. The van der Waals surface area contributed by atoms with E-state index < -0.39 is 55.4 Å². The van der Waals surface area contributed by atoms with Crippen LogP contribution in [0.1, 0.15) is 40.7 Å². The second-order valence-corrected chi connectivity index (χ2v) is 14.1. The third kappa shape index (κ3) is 13.3. The summed E-state index contributed by atoms with van der Waals surface area (Å²) in [5.74, 6) is 0. The zero-order valence-electron chi connectivity index (χ0n) is 32.1. The Hall–Kier alpha value is -4.91. The Balaban J connectivity index is 1.27. The lowest BCUT2D eigenvalue weighted by Gasteiger charge is -2.46. The minimum Gasteiger partial charge on any atom is -0.445 e. The largest absolute Gasteiger partial charge is 0.445 e. The van der Waals surface area contributed by atoms with Gasteiger partial charge in [-0.05, 0) is 40.7 Å². The molecule has 5 aromatic rings. The van der Waals surface area contributed by atoms with Gasteiger partial charge in [-0.2, -0.15) is 0 Å². The number of amides is 1. The number of nitrogens with one attached hydrogen (secondary N) is 1. The minimum absolute atomic E-state index is 0.0607. The van der Waals surface area contributed by atoms with Crippen molar-refractivity contribution in [2.24, 2.45) is 0 Å². The summed E-state index contributed by atoms with van der Waals surface area (Å²) in [7, 11) is 0. The second kappa shape index (κ2) is 22.7. The Morgan fingerprint density at radius 1 is 0.561 bits per heavy atom. The molecule has 0 radical (unpaired) electrons. The van der Waals surface area contributed by atoms with Crippen LogP contribution in [0.4, 0.5) is 4.79 Å². The van der Waals surface area contributed by atoms with Gasteiger partial charge in [0.1, 0.15) is 31.0 Å². The summed E-state index contributed by atoms with van der Waals surface area (Å²) in [6, 6.07) is 48.2. The highest BCUT2D eigenvalue weighted by molar-refractivity contribution is 5.67. The van der Waals surface area contributed by atoms with Gasteiger partial charge in [0.05, 0.1) is 57.9 Å². The number of hydrogen-bond acceptors (Lipinski definition) is 9. The number of alkyl carbamates (subject to hydrolysis) is 1. The summed E-state index contributed by atoms with van der Waals surface area (Å²) >= 11 is 0. The van der Waals surface area contributed by atoms with Gasteiger partial charge < -0.3 is 44.0 Å². The molecule has 3 N–H and O–H groups in total. The van der Waals surface area contributed by atoms with E-state index in [0.29, 0.717) is 26.2 Å². The average molecular weight is 776 g/mol. The monoisotopic (exact) mass is 775 g/mol. The van der Waals surface area contributed by atoms with Crippen LogP contribution in [0.2, 0.25) is 0 Å². The van der Waals surface area contributed by atoms with Gasteiger partial charge in [0, 0.05) is 0 Å². The summed E-state index contributed by atoms with van der Waals surface area (Å²) in [6.07, 6.45) is -4.43. The molecule has 6 rings (SSSR count). The van der Waals surface area contributed by atoms with Crippen LogP contribution >= 0.6 is 0 Å². The highest BCUT2D eigenvalue weighted by atomic mass is 16.6. The van der Waals surface area contributed by atoms with E-state index in [0.717, 1.165) is 27.8 Å². The number of hydrogen-bond donors (Lipinski definition) is 3. The van der Waals surface area contributed by atoms with E-state index in [1.807, 2.05) is 152 Å². The van der Waals surface area contributed by atoms with E-state index in [4.69, 9.17) is 28.4 Å². The molecule has 7 atom stereocenters. The molecule has 2 unspecified atom stereocenters. The quantitative estimate of drug-likeness (QED) is 0.0713. The van der Waals surface area contributed by atoms with E-state index in [2.05, 4.69) is 5.32 Å². The standard InChI is InChI=1S/C47H53NO9/c49-28-41(50)40(48-47(51)56-33-39-24-14-5-15-25-39)26-27-42-44(53-30-36-18-8-2-9-19-36)46(55-32-38-22-12-4-13-23-38)45(54-31-37-20-10-3-11-21-37)43(57-42)34-52-29-35-16-6-1-7-17-35/h1-25,40-46,49-50H,26-34H2,(H,48,51)/t40-,41+,42-,43?,44?,45-,46+/m0/s1. The summed E-state index contributed by atoms with van der Waals surface area (Å²) in [4.78, 5) is 13.0. The number of aliphatic hydroxyl groups excluding tert-OH is 2. The Morgan fingerprint density at radius 2 is 0.965 bits per heavy atom. The molecule has 1 aliphatic heterocycles. The fourth-order valence-corrected chi connectivity index (χ4v) is 6.87. The molecule has 1 saturated heterocycles. The van der Waals surface area contributed by atoms with E-state index in [9.17, 15) is 15.0 Å². The molecular weight excluding hydrogens is 723 g/mol. The molecule has 57 heavy (non-hydrogen) atoms. The van der Waals surface area contributed by atoms with Gasteiger partial charge in [-0.25, -0.2) is 4.79 Å². The van der Waals surface area contributed by atoms with Gasteiger partial charge >= 0.3 is 6.09 Å². The molecule has 1 aliphatic rings. The zero-order chi connectivity index (χ0) is 39.5. The predicted molar refractivity (Wildman–Crippen MR) is 216 cm³/mol. The minimum atomic E-state index is -1.25. The topological polar surface area (TPSA) is 125 Å². The number of carbonyl (C=O) groups is 1. The van der Waals surface area contributed by atoms with E-state index >= 15 is 0 Å². The maximum absolute atomic E-state index is 13.0. The van der Waals surface area contributed by atoms with Crippen LogP contribution in [0, 0.1) is 0 Å². The van der Waals surface area contributed by atoms with E-state index in [1.165, 1.54) is 0 Å². The average Bonchev–Trinajstić information content (AvgIpc) is 3.27. The fraction of sp³-hybridized carbons (Fsp3) is 0.340. The maximum atomic E-state index is 13.0. The first-order valence-corrected chi connectivity index (χ1v) is 19.6. The van der Waals surface area contributed by atoms with Crippen molar-refractivity contribution in [3.8, 4) is 0 Å². The Morgan fingerprint density at radius 3 is 1.42 bits per heavy atom. The van der Waals surface area contributed by atoms with E-state index in [-0.39, 0.29) is 26.2 Å². The molecule has 0 aromatic heterocycles. The summed E-state index contributed by atoms with van der Waals surface area (Å²) in [5, 5.41) is 23.7. The number of rotatable bonds is 21. The highest BCUT2D eigenvalue weighted by Crippen LogP contribution is 2.33. The van der Waals surface area contributed by atoms with Crippen molar-refractivity contribution in [1.82, 2.24) is 5.32 Å². The van der Waals surface area contributed by atoms with Crippen LogP contribution in [-0.2, 0) is 61.5 Å². The van der Waals surface area contributed by atoms with E-state index in [1.54, 1.807) is 0 Å². The van der Waals surface area contributed by atoms with Crippen LogP contribution < -0.4 is 5.32 Å². The molecule has 0 aliphatic carbocycles. The van der Waals surface area contributed by atoms with Crippen molar-refractivity contribution in [2.75, 3.05) is 13.2 Å². The third-order valence-electron chi connectivity index (χ3n) is 9.91. The molecule has 0 spiro atoms. The van der Waals surface area contributed by atoms with Crippen molar-refractivity contribution in [3.05, 3.63) is 179 Å². The lowest BCUT2D eigenvalue weighted by Crippen LogP contribution is -2.61. The summed E-state index contributed by atoms with van der Waals surface area (Å²) < 4.78 is 39.1. The van der Waals surface area contributed by atoms with Crippen LogP contribution in [0.15, 0.2) is 152 Å². The molecule has 300 valence electrons. The lowest BCUT2D eigenvalue weighted by atomic mass is 9.90. The first kappa shape index (κ1) is 41.7. The van der Waals surface area contributed by atoms with Crippen LogP contribution in [0.3, 0.4) is 0 Å². The van der Waals surface area contributed by atoms with Crippen molar-refractivity contribution in [2.45, 2.75) is 88.5 Å². The third-order valence-corrected chi connectivity index (χ3v) is 9.91. The summed E-state index contributed by atoms with van der Waals surface area (Å²) in [5.41, 5.74) is 4.82. The first-order chi connectivity index (χ1) is 28.1. The first-order valence-electron chi connectivity index (χ1n) is 19.6. The fourth-order valence-electron chi connectivity index (χ4n) is 6.87. The van der Waals surface area contributed by atoms with Gasteiger partial charge in [0.15, 0.2) is 0 Å². The van der Waals surface area contributed by atoms with Crippen LogP contribution in [-0.4, -0.2) is 72.2 Å². The van der Waals surface area contributed by atoms with Gasteiger partial charge in [-0.15, -0.1) is 0 Å². The van der Waals surface area contributed by atoms with Gasteiger partial charge in [0.25, 0.3) is 0 Å². The number of ether oxygens (including phenoxy) is 6. The highest BCUT2D eigenvalue weighted by Gasteiger charge is 2.48. The molecular formula is C47H53NO9. The number of aliphatic hydroxyl groups is 2. The number of benzene rings is 5. The molecule has 1 fully saturated rings. The van der Waals surface area contributed by atoms with Crippen molar-refractivity contribution in [1.29, 1.82) is 0 Å². The lowest BCUT2D eigenvalue weighted by molar-refractivity contribution is -0.274. The normalized spacial score (nSPS) is 20.4. The Bertz CT molecular complexity index is 1840. The molecule has 1 amide bonds. The second-order valence-electron chi connectivity index (χ2n) is 14.1. The molecule has 10 heteroatoms. The molecule has 10 nitrogen and oxygen atoms in total. The Labute approximate surface area is 335 Å². The van der Waals surface area contributed by atoms with Gasteiger partial charge in [0.2, 0.25) is 0 Å². The Kier molecular flexibility index (Phi) is 16.6. The summed E-state index contributed by atoms with van der Waals surface area (Å²) in [6.45, 7) is 0.971. The van der Waals surface area contributed by atoms with Crippen LogP contribution in [0.25, 0.3) is 0 Å². The SMILES string of the molecule is O=C(N[C@@H](CC[C@@H]1OC(COCc2ccccc2)[C@H](OCc2ccccc2)[C@H](OCc2ccccc2)C1OCc1ccccc1)[C@H](O)CO)OCc1ccccc1. The molecule has 1 heterocycles. The maximum Gasteiger partial charge on any atom is 0.407 e. The van der Waals surface area contributed by atoms with Crippen LogP contribution in [0.5, 0.6) is 0 Å². The van der Waals surface area contributed by atoms with Gasteiger partial charge in [-0.3, -0.25) is 0 Å². The number of carbonyl (C=O) groups excluding carboxylic acids is 1. The molecule has 0 saturated carbocycles. The predicted octanol–water partition coefficient (Wildman–Crippen LogP) is 7.16. The van der Waals surface area contributed by atoms with Crippen molar-refractivity contribution >= 4 is 6.09 Å². The van der Waals surface area contributed by atoms with Crippen molar-refractivity contribution < 1.29 is 43.4 Å². The molecule has 0 bridgehead atoms. The van der Waals surface area contributed by atoms with Gasteiger partial charge in [-0.1, -0.05) is 152 Å².